The molecule has 2 aromatic rings. The van der Waals surface area contributed by atoms with Crippen LogP contribution in [0.15, 0.2) is 48.5 Å². The number of carbonyl (C=O) groups is 1. The Labute approximate surface area is 184 Å². The van der Waals surface area contributed by atoms with E-state index in [1.165, 1.54) is 5.56 Å². The van der Waals surface area contributed by atoms with E-state index in [9.17, 15) is 10.1 Å². The lowest BCUT2D eigenvalue weighted by molar-refractivity contribution is 0.0617. The fourth-order valence-electron chi connectivity index (χ4n) is 5.26. The Morgan fingerprint density at radius 3 is 2.45 bits per heavy atom. The van der Waals surface area contributed by atoms with E-state index < -0.39 is 0 Å². The number of amides is 2. The Bertz CT molecular complexity index is 988. The zero-order valence-corrected chi connectivity index (χ0v) is 18.5. The van der Waals surface area contributed by atoms with Gasteiger partial charge in [-0.05, 0) is 63.5 Å². The van der Waals surface area contributed by atoms with Gasteiger partial charge in [0.05, 0.1) is 30.8 Å². The van der Waals surface area contributed by atoms with E-state index in [4.69, 9.17) is 4.74 Å². The monoisotopic (exact) mass is 418 g/mol. The summed E-state index contributed by atoms with van der Waals surface area (Å²) in [5, 5.41) is 12.5. The second-order valence-electron chi connectivity index (χ2n) is 9.00. The van der Waals surface area contributed by atoms with E-state index in [0.29, 0.717) is 24.4 Å². The fourth-order valence-corrected chi connectivity index (χ4v) is 5.26. The molecule has 162 valence electrons. The lowest BCUT2D eigenvalue weighted by Crippen LogP contribution is -2.54. The Morgan fingerprint density at radius 2 is 1.84 bits per heavy atom. The van der Waals surface area contributed by atoms with Crippen LogP contribution >= 0.6 is 0 Å². The van der Waals surface area contributed by atoms with Crippen LogP contribution in [0.3, 0.4) is 0 Å². The molecule has 6 heteroatoms. The summed E-state index contributed by atoms with van der Waals surface area (Å²) >= 11 is 0. The van der Waals surface area contributed by atoms with Crippen molar-refractivity contribution in [2.45, 2.75) is 43.3 Å². The zero-order chi connectivity index (χ0) is 22.1. The molecule has 1 aliphatic heterocycles. The van der Waals surface area contributed by atoms with Crippen LogP contribution in [-0.2, 0) is 12.1 Å². The van der Waals surface area contributed by atoms with E-state index in [0.717, 1.165) is 31.2 Å². The second kappa shape index (κ2) is 8.24. The standard InChI is InChI=1S/C25H30N4O2/c1-28(2)25(21-7-5-4-6-8-21)13-11-24(12-14-25)18-29(23(30)27-24)17-20-15-19(16-26)9-10-22(20)31-3/h4-10,15H,11-14,17-18H2,1-3H3,(H,27,30)/t24-,25-. The molecule has 4 rings (SSSR count). The van der Waals surface area contributed by atoms with E-state index >= 15 is 0 Å². The van der Waals surface area contributed by atoms with Crippen LogP contribution in [0.25, 0.3) is 0 Å². The van der Waals surface area contributed by atoms with Gasteiger partial charge in [-0.25, -0.2) is 4.79 Å². The van der Waals surface area contributed by atoms with Crippen molar-refractivity contribution in [3.63, 3.8) is 0 Å². The molecule has 1 spiro atoms. The highest BCUT2D eigenvalue weighted by Gasteiger charge is 2.50. The van der Waals surface area contributed by atoms with E-state index in [1.807, 2.05) is 11.0 Å². The average molecular weight is 419 g/mol. The molecule has 1 N–H and O–H groups in total. The van der Waals surface area contributed by atoms with Crippen LogP contribution in [0.4, 0.5) is 4.79 Å². The van der Waals surface area contributed by atoms with Crippen molar-refractivity contribution in [2.75, 3.05) is 27.7 Å². The first-order valence-electron chi connectivity index (χ1n) is 10.8. The number of urea groups is 1. The van der Waals surface area contributed by atoms with Gasteiger partial charge >= 0.3 is 6.03 Å². The molecule has 1 saturated carbocycles. The number of benzene rings is 2. The van der Waals surface area contributed by atoms with Gasteiger partial charge in [0.2, 0.25) is 0 Å². The lowest BCUT2D eigenvalue weighted by atomic mass is 9.69. The molecular formula is C25H30N4O2. The van der Waals surface area contributed by atoms with Crippen LogP contribution in [0, 0.1) is 11.3 Å². The minimum atomic E-state index is -0.203. The summed E-state index contributed by atoms with van der Waals surface area (Å²) < 4.78 is 5.46. The number of nitrogens with zero attached hydrogens (tertiary/aromatic N) is 3. The van der Waals surface area contributed by atoms with Crippen LogP contribution in [0.1, 0.15) is 42.4 Å². The Kier molecular flexibility index (Phi) is 5.63. The Morgan fingerprint density at radius 1 is 1.13 bits per heavy atom. The van der Waals surface area contributed by atoms with Crippen molar-refractivity contribution in [2.24, 2.45) is 0 Å². The summed E-state index contributed by atoms with van der Waals surface area (Å²) in [6, 6.07) is 18.2. The molecular weight excluding hydrogens is 388 g/mol. The maximum Gasteiger partial charge on any atom is 0.318 e. The molecule has 0 unspecified atom stereocenters. The zero-order valence-electron chi connectivity index (χ0n) is 18.5. The smallest absolute Gasteiger partial charge is 0.318 e. The van der Waals surface area contributed by atoms with Crippen LogP contribution in [-0.4, -0.2) is 49.1 Å². The third-order valence-electron chi connectivity index (χ3n) is 7.13. The molecule has 31 heavy (non-hydrogen) atoms. The van der Waals surface area contributed by atoms with Crippen molar-refractivity contribution < 1.29 is 9.53 Å². The fraction of sp³-hybridized carbons (Fsp3) is 0.440. The van der Waals surface area contributed by atoms with Crippen molar-refractivity contribution in [3.8, 4) is 11.8 Å². The first kappa shape index (κ1) is 21.2. The van der Waals surface area contributed by atoms with Crippen LogP contribution in [0.5, 0.6) is 5.75 Å². The van der Waals surface area contributed by atoms with Crippen molar-refractivity contribution in [1.82, 2.24) is 15.1 Å². The highest BCUT2D eigenvalue weighted by Crippen LogP contribution is 2.46. The molecule has 6 nitrogen and oxygen atoms in total. The lowest BCUT2D eigenvalue weighted by Gasteiger charge is -2.48. The summed E-state index contributed by atoms with van der Waals surface area (Å²) in [7, 11) is 5.92. The van der Waals surface area contributed by atoms with Gasteiger partial charge in [0, 0.05) is 17.6 Å². The molecule has 1 aliphatic carbocycles. The van der Waals surface area contributed by atoms with Gasteiger partial charge in [0.15, 0.2) is 0 Å². The maximum atomic E-state index is 12.9. The molecule has 2 amide bonds. The normalized spacial score (nSPS) is 25.5. The predicted molar refractivity (Wildman–Crippen MR) is 120 cm³/mol. The first-order chi connectivity index (χ1) is 14.9. The van der Waals surface area contributed by atoms with Crippen molar-refractivity contribution in [1.29, 1.82) is 5.26 Å². The molecule has 2 fully saturated rings. The highest BCUT2D eigenvalue weighted by molar-refractivity contribution is 5.78. The predicted octanol–water partition coefficient (Wildman–Crippen LogP) is 3.86. The number of rotatable bonds is 5. The summed E-state index contributed by atoms with van der Waals surface area (Å²) in [6.07, 6.45) is 3.84. The van der Waals surface area contributed by atoms with E-state index in [1.54, 1.807) is 19.2 Å². The molecule has 1 heterocycles. The first-order valence-corrected chi connectivity index (χ1v) is 10.8. The minimum absolute atomic E-state index is 0.00496. The molecule has 2 aromatic carbocycles. The van der Waals surface area contributed by atoms with Gasteiger partial charge in [-0.3, -0.25) is 4.90 Å². The van der Waals surface area contributed by atoms with Gasteiger partial charge in [0.1, 0.15) is 5.75 Å². The topological polar surface area (TPSA) is 68.6 Å². The Hall–Kier alpha value is -3.04. The summed E-state index contributed by atoms with van der Waals surface area (Å²) in [6.45, 7) is 1.11. The number of ether oxygens (including phenoxy) is 1. The molecule has 0 radical (unpaired) electrons. The van der Waals surface area contributed by atoms with Gasteiger partial charge in [0.25, 0.3) is 0 Å². The molecule has 1 saturated heterocycles. The third kappa shape index (κ3) is 3.86. The quantitative estimate of drug-likeness (QED) is 0.801. The molecule has 0 bridgehead atoms. The molecule has 0 aromatic heterocycles. The number of hydrogen-bond donors (Lipinski definition) is 1. The molecule has 0 atom stereocenters. The summed E-state index contributed by atoms with van der Waals surface area (Å²) in [5.74, 6) is 0.701. The van der Waals surface area contributed by atoms with Gasteiger partial charge in [-0.15, -0.1) is 0 Å². The van der Waals surface area contributed by atoms with E-state index in [-0.39, 0.29) is 17.1 Å². The highest BCUT2D eigenvalue weighted by atomic mass is 16.5. The molecule has 2 aliphatic rings. The number of nitrogens with one attached hydrogen (secondary N) is 1. The van der Waals surface area contributed by atoms with Gasteiger partial charge < -0.3 is 15.0 Å². The second-order valence-corrected chi connectivity index (χ2v) is 9.00. The van der Waals surface area contributed by atoms with Gasteiger partial charge in [-0.2, -0.15) is 5.26 Å². The average Bonchev–Trinajstić information content (AvgIpc) is 3.09. The number of carbonyl (C=O) groups excluding carboxylic acids is 1. The van der Waals surface area contributed by atoms with Crippen molar-refractivity contribution >= 4 is 6.03 Å². The summed E-state index contributed by atoms with van der Waals surface area (Å²) in [5.41, 5.74) is 2.56. The minimum Gasteiger partial charge on any atom is -0.496 e. The Balaban J connectivity index is 1.51. The number of nitriles is 1. The van der Waals surface area contributed by atoms with E-state index in [2.05, 4.69) is 60.7 Å². The van der Waals surface area contributed by atoms with Gasteiger partial charge in [-0.1, -0.05) is 30.3 Å². The van der Waals surface area contributed by atoms with Crippen molar-refractivity contribution in [3.05, 3.63) is 65.2 Å². The number of hydrogen-bond acceptors (Lipinski definition) is 4. The summed E-state index contributed by atoms with van der Waals surface area (Å²) in [4.78, 5) is 17.1. The largest absolute Gasteiger partial charge is 0.496 e. The number of methoxy groups -OCH3 is 1. The maximum absolute atomic E-state index is 12.9. The van der Waals surface area contributed by atoms with Crippen LogP contribution < -0.4 is 10.1 Å². The SMILES string of the molecule is COc1ccc(C#N)cc1CN1C[C@]2(CC[C@@](c3ccccc3)(N(C)C)CC2)NC1=O. The third-order valence-corrected chi connectivity index (χ3v) is 7.13. The van der Waals surface area contributed by atoms with Crippen LogP contribution in [0.2, 0.25) is 0 Å².